The summed E-state index contributed by atoms with van der Waals surface area (Å²) in [6.45, 7) is 8.98. The summed E-state index contributed by atoms with van der Waals surface area (Å²) in [5.74, 6) is 2.34. The number of fused-ring (bicyclic) bond motifs is 2. The molecular weight excluding hydrogens is 420 g/mol. The zero-order valence-electron chi connectivity index (χ0n) is 19.3. The van der Waals surface area contributed by atoms with E-state index in [0.29, 0.717) is 29.6 Å². The largest absolute Gasteiger partial charge is 0.496 e. The summed E-state index contributed by atoms with van der Waals surface area (Å²) in [6.07, 6.45) is 2.83. The molecule has 2 aromatic carbocycles. The summed E-state index contributed by atoms with van der Waals surface area (Å²) in [5, 5.41) is 0. The van der Waals surface area contributed by atoms with Gasteiger partial charge in [-0.2, -0.15) is 0 Å². The predicted octanol–water partition coefficient (Wildman–Crippen LogP) is 3.49. The third kappa shape index (κ3) is 4.49. The predicted molar refractivity (Wildman–Crippen MR) is 125 cm³/mol. The number of allylic oxidation sites excluding steroid dienone is 1. The monoisotopic (exact) mass is 450 g/mol. The number of rotatable bonds is 6. The van der Waals surface area contributed by atoms with E-state index in [4.69, 9.17) is 18.9 Å². The van der Waals surface area contributed by atoms with Crippen LogP contribution in [-0.4, -0.2) is 68.8 Å². The molecule has 1 saturated heterocycles. The Kier molecular flexibility index (Phi) is 6.35. The van der Waals surface area contributed by atoms with E-state index in [0.717, 1.165) is 74.8 Å². The highest BCUT2D eigenvalue weighted by atomic mass is 16.5. The van der Waals surface area contributed by atoms with Gasteiger partial charge in [-0.3, -0.25) is 14.6 Å². The Balaban J connectivity index is 1.30. The molecule has 0 radical (unpaired) electrons. The molecule has 0 N–H and O–H groups in total. The van der Waals surface area contributed by atoms with Crippen molar-refractivity contribution in [2.24, 2.45) is 0 Å². The molecule has 33 heavy (non-hydrogen) atoms. The fourth-order valence-electron chi connectivity index (χ4n) is 4.71. The molecule has 7 nitrogen and oxygen atoms in total. The van der Waals surface area contributed by atoms with Gasteiger partial charge in [0.2, 0.25) is 5.78 Å². The van der Waals surface area contributed by atoms with Crippen LogP contribution in [0.2, 0.25) is 0 Å². The molecule has 1 fully saturated rings. The van der Waals surface area contributed by atoms with Gasteiger partial charge in [-0.15, -0.1) is 0 Å². The highest BCUT2D eigenvalue weighted by molar-refractivity contribution is 6.15. The highest BCUT2D eigenvalue weighted by Crippen LogP contribution is 2.43. The van der Waals surface area contributed by atoms with Gasteiger partial charge >= 0.3 is 0 Å². The molecule has 0 saturated carbocycles. The van der Waals surface area contributed by atoms with E-state index in [1.807, 2.05) is 37.3 Å². The van der Waals surface area contributed by atoms with Gasteiger partial charge in [-0.05, 0) is 38.1 Å². The second-order valence-corrected chi connectivity index (χ2v) is 8.68. The number of nitrogens with zero attached hydrogens (tertiary/aromatic N) is 2. The van der Waals surface area contributed by atoms with Crippen molar-refractivity contribution < 1.29 is 23.7 Å². The van der Waals surface area contributed by atoms with Crippen molar-refractivity contribution in [2.75, 3.05) is 53.2 Å². The maximum Gasteiger partial charge on any atom is 0.231 e. The maximum absolute atomic E-state index is 13.2. The molecule has 0 aromatic heterocycles. The summed E-state index contributed by atoms with van der Waals surface area (Å²) >= 11 is 0. The van der Waals surface area contributed by atoms with Crippen molar-refractivity contribution in [3.8, 4) is 17.2 Å². The summed E-state index contributed by atoms with van der Waals surface area (Å²) in [4.78, 5) is 17.9. The van der Waals surface area contributed by atoms with Crippen LogP contribution in [0.25, 0.3) is 6.08 Å². The second kappa shape index (κ2) is 9.55. The number of carbonyl (C=O) groups excluding carboxylic acids is 1. The number of ketones is 1. The summed E-state index contributed by atoms with van der Waals surface area (Å²) < 4.78 is 23.0. The van der Waals surface area contributed by atoms with Crippen LogP contribution in [0.4, 0.5) is 0 Å². The molecule has 3 aliphatic rings. The topological polar surface area (TPSA) is 60.5 Å². The number of Topliss-reactive ketones (excluding diaryl/α,β-unsaturated/α-hetero) is 1. The van der Waals surface area contributed by atoms with E-state index in [1.54, 1.807) is 13.2 Å². The molecular formula is C26H30N2O5. The minimum absolute atomic E-state index is 0.105. The molecule has 5 rings (SSSR count). The lowest BCUT2D eigenvalue weighted by Crippen LogP contribution is -2.39. The first-order valence-electron chi connectivity index (χ1n) is 11.5. The van der Waals surface area contributed by atoms with Crippen molar-refractivity contribution in [1.29, 1.82) is 0 Å². The van der Waals surface area contributed by atoms with Gasteiger partial charge in [0.15, 0.2) is 5.76 Å². The molecule has 0 atom stereocenters. The standard InChI is InChI=1S/C26H30N2O5/c1-18-25-20(16-28(17-32-25)9-5-8-27-10-12-31-13-11-27)14-21-24(29)23(33-26(18)21)15-19-6-3-4-7-22(19)30-2/h3-4,6-7,14-15H,5,8-13,16-17H2,1-2H3. The van der Waals surface area contributed by atoms with Gasteiger partial charge in [-0.1, -0.05) is 18.2 Å². The van der Waals surface area contributed by atoms with Crippen LogP contribution in [0, 0.1) is 6.92 Å². The first kappa shape index (κ1) is 21.9. The van der Waals surface area contributed by atoms with Crippen molar-refractivity contribution in [1.82, 2.24) is 9.80 Å². The van der Waals surface area contributed by atoms with Crippen LogP contribution in [0.5, 0.6) is 17.2 Å². The van der Waals surface area contributed by atoms with Gasteiger partial charge in [0.25, 0.3) is 0 Å². The lowest BCUT2D eigenvalue weighted by atomic mass is 10.00. The van der Waals surface area contributed by atoms with Crippen molar-refractivity contribution in [3.63, 3.8) is 0 Å². The number of hydrogen-bond acceptors (Lipinski definition) is 7. The van der Waals surface area contributed by atoms with Crippen LogP contribution >= 0.6 is 0 Å². The summed E-state index contributed by atoms with van der Waals surface area (Å²) in [5.41, 5.74) is 3.33. The van der Waals surface area contributed by atoms with Crippen LogP contribution in [-0.2, 0) is 11.3 Å². The number of benzene rings is 2. The lowest BCUT2D eigenvalue weighted by Gasteiger charge is -2.31. The van der Waals surface area contributed by atoms with E-state index < -0.39 is 0 Å². The van der Waals surface area contributed by atoms with Gasteiger partial charge in [0.1, 0.15) is 24.0 Å². The number of hydrogen-bond donors (Lipinski definition) is 0. The zero-order chi connectivity index (χ0) is 22.8. The van der Waals surface area contributed by atoms with Crippen LogP contribution < -0.4 is 14.2 Å². The second-order valence-electron chi connectivity index (χ2n) is 8.68. The Bertz CT molecular complexity index is 1070. The SMILES string of the molecule is COc1ccccc1C=C1Oc2c(cc3c(c2C)OCN(CCCN2CCOCC2)C3)C1=O. The minimum Gasteiger partial charge on any atom is -0.496 e. The van der Waals surface area contributed by atoms with Gasteiger partial charge in [0, 0.05) is 42.9 Å². The quantitative estimate of drug-likeness (QED) is 0.625. The molecule has 174 valence electrons. The third-order valence-electron chi connectivity index (χ3n) is 6.48. The normalized spacial score (nSPS) is 19.7. The van der Waals surface area contributed by atoms with Crippen LogP contribution in [0.1, 0.15) is 33.5 Å². The average molecular weight is 451 g/mol. The maximum atomic E-state index is 13.2. The highest BCUT2D eigenvalue weighted by Gasteiger charge is 2.33. The fourth-order valence-corrected chi connectivity index (χ4v) is 4.71. The first-order valence-corrected chi connectivity index (χ1v) is 11.5. The Morgan fingerprint density at radius 1 is 1.09 bits per heavy atom. The van der Waals surface area contributed by atoms with Crippen LogP contribution in [0.3, 0.4) is 0 Å². The molecule has 0 bridgehead atoms. The zero-order valence-corrected chi connectivity index (χ0v) is 19.3. The Labute approximate surface area is 194 Å². The number of morpholine rings is 1. The minimum atomic E-state index is -0.105. The summed E-state index contributed by atoms with van der Waals surface area (Å²) in [6, 6.07) is 9.52. The Hall–Kier alpha value is -2.87. The van der Waals surface area contributed by atoms with Gasteiger partial charge < -0.3 is 18.9 Å². The summed E-state index contributed by atoms with van der Waals surface area (Å²) in [7, 11) is 1.62. The number of methoxy groups -OCH3 is 1. The molecule has 3 heterocycles. The average Bonchev–Trinajstić information content (AvgIpc) is 3.15. The van der Waals surface area contributed by atoms with E-state index in [-0.39, 0.29) is 5.78 Å². The third-order valence-corrected chi connectivity index (χ3v) is 6.48. The smallest absolute Gasteiger partial charge is 0.231 e. The van der Waals surface area contributed by atoms with E-state index in [1.165, 1.54) is 0 Å². The molecule has 0 aliphatic carbocycles. The number of carbonyl (C=O) groups is 1. The van der Waals surface area contributed by atoms with E-state index >= 15 is 0 Å². The lowest BCUT2D eigenvalue weighted by molar-refractivity contribution is 0.0329. The molecule has 2 aromatic rings. The van der Waals surface area contributed by atoms with Gasteiger partial charge in [-0.25, -0.2) is 0 Å². The van der Waals surface area contributed by atoms with E-state index in [2.05, 4.69) is 9.80 Å². The molecule has 0 unspecified atom stereocenters. The van der Waals surface area contributed by atoms with Crippen LogP contribution in [0.15, 0.2) is 36.1 Å². The van der Waals surface area contributed by atoms with Crippen molar-refractivity contribution >= 4 is 11.9 Å². The molecule has 0 amide bonds. The molecule has 0 spiro atoms. The van der Waals surface area contributed by atoms with Gasteiger partial charge in [0.05, 0.1) is 25.9 Å². The number of para-hydroxylation sites is 1. The Morgan fingerprint density at radius 2 is 1.88 bits per heavy atom. The van der Waals surface area contributed by atoms with Crippen molar-refractivity contribution in [3.05, 3.63) is 58.3 Å². The Morgan fingerprint density at radius 3 is 2.70 bits per heavy atom. The van der Waals surface area contributed by atoms with Crippen molar-refractivity contribution in [2.45, 2.75) is 19.9 Å². The fraction of sp³-hybridized carbons (Fsp3) is 0.423. The first-order chi connectivity index (χ1) is 16.1. The van der Waals surface area contributed by atoms with E-state index in [9.17, 15) is 4.79 Å². The molecule has 3 aliphatic heterocycles. The number of ether oxygens (including phenoxy) is 4. The molecule has 7 heteroatoms.